The number of nitriles is 1. The van der Waals surface area contributed by atoms with Crippen LogP contribution in [0.15, 0.2) is 48.7 Å². The average molecular weight is 452 g/mol. The summed E-state index contributed by atoms with van der Waals surface area (Å²) in [5, 5.41) is 9.40. The number of ether oxygens (including phenoxy) is 2. The molecule has 1 heterocycles. The van der Waals surface area contributed by atoms with E-state index < -0.39 is 5.82 Å². The number of nitrogens with zero attached hydrogens (tertiary/aromatic N) is 2. The molecule has 0 fully saturated rings. The number of carbonyl (C=O) groups excluding carboxylic acids is 1. The summed E-state index contributed by atoms with van der Waals surface area (Å²) in [5.41, 5.74) is 1.46. The van der Waals surface area contributed by atoms with Crippen LogP contribution in [0.4, 0.5) is 4.39 Å². The third-order valence-corrected chi connectivity index (χ3v) is 4.83. The molecule has 32 heavy (non-hydrogen) atoms. The van der Waals surface area contributed by atoms with Crippen LogP contribution in [-0.2, 0) is 6.54 Å². The van der Waals surface area contributed by atoms with Crippen molar-refractivity contribution in [1.29, 1.82) is 5.26 Å². The molecule has 0 aliphatic carbocycles. The quantitative estimate of drug-likeness (QED) is 0.564. The molecule has 0 radical (unpaired) electrons. The number of aromatic nitrogens is 1. The van der Waals surface area contributed by atoms with Gasteiger partial charge in [0.15, 0.2) is 0 Å². The minimum absolute atomic E-state index is 0.0733. The molecule has 0 bridgehead atoms. The van der Waals surface area contributed by atoms with E-state index in [1.165, 1.54) is 42.5 Å². The minimum atomic E-state index is -0.606. The molecule has 1 N–H and O–H groups in total. The van der Waals surface area contributed by atoms with Gasteiger partial charge in [-0.3, -0.25) is 4.79 Å². The van der Waals surface area contributed by atoms with Crippen LogP contribution in [0.5, 0.6) is 11.5 Å². The molecule has 0 unspecified atom stereocenters. The van der Waals surface area contributed by atoms with Gasteiger partial charge >= 0.3 is 0 Å². The highest BCUT2D eigenvalue weighted by Crippen LogP contribution is 2.26. The predicted octanol–water partition coefficient (Wildman–Crippen LogP) is 4.39. The van der Waals surface area contributed by atoms with Gasteiger partial charge in [0.25, 0.3) is 5.91 Å². The number of aromatic amines is 1. The lowest BCUT2D eigenvalue weighted by Crippen LogP contribution is -2.31. The number of nitrogens with one attached hydrogen (secondary N) is 1. The van der Waals surface area contributed by atoms with Crippen molar-refractivity contribution in [3.63, 3.8) is 0 Å². The van der Waals surface area contributed by atoms with E-state index in [1.807, 2.05) is 6.07 Å². The Labute approximate surface area is 190 Å². The highest BCUT2D eigenvalue weighted by molar-refractivity contribution is 6.30. The molecule has 2 aromatic carbocycles. The van der Waals surface area contributed by atoms with Crippen molar-refractivity contribution in [2.24, 2.45) is 0 Å². The molecule has 0 atom stereocenters. The Morgan fingerprint density at radius 1 is 1.19 bits per heavy atom. The monoisotopic (exact) mass is 451 g/mol. The molecule has 8 heteroatoms. The number of H-pyrrole nitrogens is 1. The molecule has 3 aromatic rings. The van der Waals surface area contributed by atoms with Gasteiger partial charge in [-0.2, -0.15) is 5.26 Å². The van der Waals surface area contributed by atoms with Crippen LogP contribution in [0.1, 0.15) is 27.2 Å². The van der Waals surface area contributed by atoms with Crippen LogP contribution in [0.3, 0.4) is 0 Å². The predicted molar refractivity (Wildman–Crippen MR) is 118 cm³/mol. The van der Waals surface area contributed by atoms with Gasteiger partial charge in [0.05, 0.1) is 37.9 Å². The largest absolute Gasteiger partial charge is 0.497 e. The van der Waals surface area contributed by atoms with E-state index in [9.17, 15) is 9.18 Å². The summed E-state index contributed by atoms with van der Waals surface area (Å²) in [7, 11) is 3.10. The number of hydrogen-bond acceptors (Lipinski definition) is 4. The van der Waals surface area contributed by atoms with Gasteiger partial charge in [-0.25, -0.2) is 4.39 Å². The Morgan fingerprint density at radius 2 is 2.00 bits per heavy atom. The fraction of sp³-hybridized carbons (Fsp3) is 0.167. The van der Waals surface area contributed by atoms with Crippen LogP contribution in [0.2, 0.25) is 5.02 Å². The highest BCUT2D eigenvalue weighted by Gasteiger charge is 2.19. The molecule has 0 aliphatic heterocycles. The molecule has 3 rings (SSSR count). The Hall–Kier alpha value is -3.94. The zero-order chi connectivity index (χ0) is 23.1. The third kappa shape index (κ3) is 5.40. The molecule has 0 saturated heterocycles. The lowest BCUT2D eigenvalue weighted by Gasteiger charge is -2.21. The molecular formula is C24H19ClFN3O3. The lowest BCUT2D eigenvalue weighted by molar-refractivity contribution is 0.0759. The summed E-state index contributed by atoms with van der Waals surface area (Å²) in [4.78, 5) is 17.5. The number of benzene rings is 2. The van der Waals surface area contributed by atoms with Gasteiger partial charge in [-0.15, -0.1) is 0 Å². The SMILES string of the molecule is COc1ccc(CN(CC#Cc2ccc(F)c(C#N)c2)C(=O)c2cc(Cl)c[nH]2)c(OC)c1. The van der Waals surface area contributed by atoms with Crippen molar-refractivity contribution < 1.29 is 18.7 Å². The first kappa shape index (κ1) is 22.7. The smallest absolute Gasteiger partial charge is 0.271 e. The molecule has 1 aromatic heterocycles. The zero-order valence-corrected chi connectivity index (χ0v) is 18.2. The Balaban J connectivity index is 1.89. The molecule has 0 aliphatic rings. The van der Waals surface area contributed by atoms with Crippen LogP contribution in [0, 0.1) is 29.0 Å². The van der Waals surface area contributed by atoms with Crippen molar-refractivity contribution in [1.82, 2.24) is 9.88 Å². The highest BCUT2D eigenvalue weighted by atomic mass is 35.5. The van der Waals surface area contributed by atoms with Crippen molar-refractivity contribution in [2.75, 3.05) is 20.8 Å². The Bertz CT molecular complexity index is 1240. The standard InChI is InChI=1S/C24H19ClFN3O3/c1-31-20-7-6-17(23(12-20)32-2)15-29(24(30)22-11-19(25)14-28-22)9-3-4-16-5-8-21(26)18(10-16)13-27/h5-8,10-12,14,28H,9,15H2,1-2H3. The normalized spacial score (nSPS) is 9.97. The van der Waals surface area contributed by atoms with Gasteiger partial charge in [-0.05, 0) is 36.4 Å². The third-order valence-electron chi connectivity index (χ3n) is 4.61. The van der Waals surface area contributed by atoms with Crippen LogP contribution in [-0.4, -0.2) is 36.6 Å². The zero-order valence-electron chi connectivity index (χ0n) is 17.4. The second-order valence-corrected chi connectivity index (χ2v) is 7.12. The minimum Gasteiger partial charge on any atom is -0.497 e. The maximum Gasteiger partial charge on any atom is 0.271 e. The van der Waals surface area contributed by atoms with E-state index in [2.05, 4.69) is 16.8 Å². The van der Waals surface area contributed by atoms with Gasteiger partial charge in [0.1, 0.15) is 29.1 Å². The lowest BCUT2D eigenvalue weighted by atomic mass is 10.1. The number of carbonyl (C=O) groups is 1. The molecule has 162 valence electrons. The maximum atomic E-state index is 13.5. The van der Waals surface area contributed by atoms with E-state index >= 15 is 0 Å². The molecule has 0 spiro atoms. The number of amides is 1. The van der Waals surface area contributed by atoms with E-state index in [4.69, 9.17) is 26.3 Å². The summed E-state index contributed by atoms with van der Waals surface area (Å²) in [6, 6.07) is 12.7. The first-order valence-corrected chi connectivity index (χ1v) is 9.85. The Kier molecular flexibility index (Phi) is 7.38. The summed E-state index contributed by atoms with van der Waals surface area (Å²) in [6.07, 6.45) is 1.52. The van der Waals surface area contributed by atoms with Gasteiger partial charge in [-0.1, -0.05) is 23.4 Å². The van der Waals surface area contributed by atoms with E-state index in [0.717, 1.165) is 5.56 Å². The summed E-state index contributed by atoms with van der Waals surface area (Å²) in [5.74, 6) is 6.08. The number of hydrogen-bond donors (Lipinski definition) is 1. The Morgan fingerprint density at radius 3 is 2.66 bits per heavy atom. The fourth-order valence-electron chi connectivity index (χ4n) is 2.98. The van der Waals surface area contributed by atoms with E-state index in [1.54, 1.807) is 25.3 Å². The van der Waals surface area contributed by atoms with Crippen molar-refractivity contribution in [3.8, 4) is 29.4 Å². The molecule has 1 amide bonds. The summed E-state index contributed by atoms with van der Waals surface area (Å²) < 4.78 is 24.2. The summed E-state index contributed by atoms with van der Waals surface area (Å²) in [6.45, 7) is 0.286. The number of rotatable bonds is 6. The van der Waals surface area contributed by atoms with Gasteiger partial charge in [0.2, 0.25) is 0 Å². The van der Waals surface area contributed by atoms with Crippen LogP contribution in [0.25, 0.3) is 0 Å². The van der Waals surface area contributed by atoms with Crippen LogP contribution < -0.4 is 9.47 Å². The first-order valence-electron chi connectivity index (χ1n) is 9.47. The molecule has 0 saturated carbocycles. The van der Waals surface area contributed by atoms with E-state index in [-0.39, 0.29) is 24.6 Å². The first-order chi connectivity index (χ1) is 15.4. The van der Waals surface area contributed by atoms with Crippen molar-refractivity contribution >= 4 is 17.5 Å². The van der Waals surface area contributed by atoms with Crippen molar-refractivity contribution in [2.45, 2.75) is 6.54 Å². The van der Waals surface area contributed by atoms with Crippen molar-refractivity contribution in [3.05, 3.63) is 81.9 Å². The molecular weight excluding hydrogens is 433 g/mol. The van der Waals surface area contributed by atoms with Gasteiger partial charge in [0, 0.05) is 23.4 Å². The average Bonchev–Trinajstić information content (AvgIpc) is 3.25. The second-order valence-electron chi connectivity index (χ2n) is 6.68. The van der Waals surface area contributed by atoms with E-state index in [0.29, 0.717) is 27.8 Å². The topological polar surface area (TPSA) is 78.4 Å². The fourth-order valence-corrected chi connectivity index (χ4v) is 3.14. The maximum absolute atomic E-state index is 13.5. The number of methoxy groups -OCH3 is 2. The van der Waals surface area contributed by atoms with Gasteiger partial charge < -0.3 is 19.4 Å². The number of halogens is 2. The van der Waals surface area contributed by atoms with Crippen LogP contribution >= 0.6 is 11.6 Å². The molecule has 6 nitrogen and oxygen atoms in total. The summed E-state index contributed by atoms with van der Waals surface area (Å²) >= 11 is 5.96. The second kappa shape index (κ2) is 10.4.